The van der Waals surface area contributed by atoms with Gasteiger partial charge in [-0.05, 0) is 13.5 Å². The van der Waals surface area contributed by atoms with Gasteiger partial charge >= 0.3 is 6.18 Å². The highest BCUT2D eigenvalue weighted by Crippen LogP contribution is 2.15. The molecular weight excluding hydrogens is 289 g/mol. The van der Waals surface area contributed by atoms with Crippen LogP contribution in [0.3, 0.4) is 0 Å². The van der Waals surface area contributed by atoms with E-state index in [0.29, 0.717) is 12.3 Å². The number of halogens is 3. The fourth-order valence-electron chi connectivity index (χ4n) is 1.30. The Morgan fingerprint density at radius 1 is 1.43 bits per heavy atom. The number of amides is 1. The summed E-state index contributed by atoms with van der Waals surface area (Å²) >= 11 is 0. The second kappa shape index (κ2) is 10.1. The van der Waals surface area contributed by atoms with E-state index in [1.54, 1.807) is 6.92 Å². The maximum atomic E-state index is 12.1. The first kappa shape index (κ1) is 19.4. The number of likely N-dealkylation sites (N-methyl/N-ethyl adjacent to an activating group) is 1. The molecule has 0 unspecified atom stereocenters. The number of aliphatic imine (C=N–C) groups is 2. The van der Waals surface area contributed by atoms with Crippen LogP contribution in [0.15, 0.2) is 9.98 Å². The molecule has 0 heterocycles. The maximum Gasteiger partial charge on any atom is 0.401 e. The van der Waals surface area contributed by atoms with Crippen LogP contribution in [0.1, 0.15) is 13.3 Å². The molecule has 0 rings (SSSR count). The number of rotatable bonds is 8. The minimum atomic E-state index is -4.19. The first-order chi connectivity index (χ1) is 9.74. The van der Waals surface area contributed by atoms with Gasteiger partial charge in [0.25, 0.3) is 0 Å². The quantitative estimate of drug-likeness (QED) is 0.414. The predicted molar refractivity (Wildman–Crippen MR) is 74.7 cm³/mol. The van der Waals surface area contributed by atoms with Gasteiger partial charge in [-0.3, -0.25) is 14.7 Å². The number of carbonyl (C=O) groups excluding carboxylic acids is 1. The molecule has 0 spiro atoms. The molecular formula is C12H21F3N4O2. The van der Waals surface area contributed by atoms with Crippen LogP contribution < -0.4 is 5.32 Å². The second-order valence-corrected chi connectivity index (χ2v) is 4.33. The second-order valence-electron chi connectivity index (χ2n) is 4.33. The van der Waals surface area contributed by atoms with Crippen molar-refractivity contribution in [1.29, 1.82) is 0 Å². The minimum absolute atomic E-state index is 0.0183. The first-order valence-electron chi connectivity index (χ1n) is 6.36. The normalized spacial score (nSPS) is 13.0. The Bertz CT molecular complexity index is 370. The van der Waals surface area contributed by atoms with Crippen molar-refractivity contribution >= 4 is 18.1 Å². The van der Waals surface area contributed by atoms with Gasteiger partial charge in [0.1, 0.15) is 12.9 Å². The number of carbonyl (C=O) groups is 1. The fourth-order valence-corrected chi connectivity index (χ4v) is 1.30. The van der Waals surface area contributed by atoms with Crippen molar-refractivity contribution in [1.82, 2.24) is 10.2 Å². The average Bonchev–Trinajstić information content (AvgIpc) is 2.37. The Morgan fingerprint density at radius 3 is 2.67 bits per heavy atom. The highest BCUT2D eigenvalue weighted by Gasteiger charge is 2.28. The van der Waals surface area contributed by atoms with E-state index in [2.05, 4.69) is 15.3 Å². The van der Waals surface area contributed by atoms with Crippen LogP contribution in [0, 0.1) is 0 Å². The number of hydrogen-bond acceptors (Lipinski definition) is 4. The molecule has 1 amide bonds. The predicted octanol–water partition coefficient (Wildman–Crippen LogP) is 1.08. The van der Waals surface area contributed by atoms with Gasteiger partial charge in [-0.1, -0.05) is 0 Å². The third-order valence-corrected chi connectivity index (χ3v) is 2.28. The van der Waals surface area contributed by atoms with Crippen molar-refractivity contribution in [3.05, 3.63) is 0 Å². The molecule has 6 nitrogen and oxygen atoms in total. The van der Waals surface area contributed by atoms with Gasteiger partial charge < -0.3 is 10.1 Å². The lowest BCUT2D eigenvalue weighted by Gasteiger charge is -2.18. The van der Waals surface area contributed by atoms with Crippen molar-refractivity contribution < 1.29 is 22.7 Å². The highest BCUT2D eigenvalue weighted by atomic mass is 19.4. The van der Waals surface area contributed by atoms with Gasteiger partial charge in [0.15, 0.2) is 5.90 Å². The van der Waals surface area contributed by atoms with Crippen molar-refractivity contribution in [2.24, 2.45) is 9.98 Å². The van der Waals surface area contributed by atoms with Crippen LogP contribution in [-0.4, -0.2) is 69.6 Å². The van der Waals surface area contributed by atoms with Gasteiger partial charge in [-0.2, -0.15) is 13.2 Å². The lowest BCUT2D eigenvalue weighted by atomic mass is 10.4. The van der Waals surface area contributed by atoms with E-state index in [1.165, 1.54) is 25.3 Å². The maximum absolute atomic E-state index is 12.1. The standard InChI is InChI=1S/C12H21F3N4O2/c1-10(18-9-17-7-11(20)16-2)21-6-4-5-19(3)8-12(13,14)15/h9H,4-8H2,1-3H3,(H,16,20)/b17-9-,18-10+. The zero-order valence-electron chi connectivity index (χ0n) is 12.4. The van der Waals surface area contributed by atoms with Crippen LogP contribution in [0.2, 0.25) is 0 Å². The van der Waals surface area contributed by atoms with E-state index in [4.69, 9.17) is 4.74 Å². The van der Waals surface area contributed by atoms with E-state index in [1.807, 2.05) is 0 Å². The van der Waals surface area contributed by atoms with Crippen molar-refractivity contribution in [3.63, 3.8) is 0 Å². The molecule has 0 aromatic rings. The molecule has 21 heavy (non-hydrogen) atoms. The van der Waals surface area contributed by atoms with Crippen LogP contribution >= 0.6 is 0 Å². The summed E-state index contributed by atoms with van der Waals surface area (Å²) in [5.41, 5.74) is 0. The molecule has 1 N–H and O–H groups in total. The molecule has 0 aromatic heterocycles. The first-order valence-corrected chi connectivity index (χ1v) is 6.36. The lowest BCUT2D eigenvalue weighted by molar-refractivity contribution is -0.143. The molecule has 0 aliphatic rings. The minimum Gasteiger partial charge on any atom is -0.481 e. The van der Waals surface area contributed by atoms with Crippen LogP contribution in [0.25, 0.3) is 0 Å². The molecule has 0 bridgehead atoms. The van der Waals surface area contributed by atoms with Crippen molar-refractivity contribution in [3.8, 4) is 0 Å². The topological polar surface area (TPSA) is 66.3 Å². The summed E-state index contributed by atoms with van der Waals surface area (Å²) < 4.78 is 41.4. The van der Waals surface area contributed by atoms with E-state index in [9.17, 15) is 18.0 Å². The van der Waals surface area contributed by atoms with Crippen LogP contribution in [0.4, 0.5) is 13.2 Å². The molecule has 122 valence electrons. The summed E-state index contributed by atoms with van der Waals surface area (Å²) in [6.45, 7) is 1.19. The van der Waals surface area contributed by atoms with E-state index in [0.717, 1.165) is 0 Å². The molecule has 0 saturated heterocycles. The average molecular weight is 310 g/mol. The van der Waals surface area contributed by atoms with Gasteiger partial charge in [-0.15, -0.1) is 0 Å². The molecule has 0 saturated carbocycles. The van der Waals surface area contributed by atoms with E-state index in [-0.39, 0.29) is 25.6 Å². The van der Waals surface area contributed by atoms with Crippen molar-refractivity contribution in [2.45, 2.75) is 19.5 Å². The Labute approximate surface area is 122 Å². The van der Waals surface area contributed by atoms with Gasteiger partial charge in [0, 0.05) is 20.5 Å². The summed E-state index contributed by atoms with van der Waals surface area (Å²) in [7, 11) is 2.91. The molecule has 0 aliphatic heterocycles. The molecule has 0 atom stereocenters. The summed E-state index contributed by atoms with van der Waals surface area (Å²) in [6.07, 6.45) is -2.52. The molecule has 9 heteroatoms. The lowest BCUT2D eigenvalue weighted by Crippen LogP contribution is -2.32. The van der Waals surface area contributed by atoms with Gasteiger partial charge in [0.2, 0.25) is 5.91 Å². The Morgan fingerprint density at radius 2 is 2.10 bits per heavy atom. The Hall–Kier alpha value is -1.64. The molecule has 0 aromatic carbocycles. The zero-order chi connectivity index (χ0) is 16.3. The third-order valence-electron chi connectivity index (χ3n) is 2.28. The van der Waals surface area contributed by atoms with E-state index < -0.39 is 12.7 Å². The summed E-state index contributed by atoms with van der Waals surface area (Å²) in [5.74, 6) is 0.113. The third kappa shape index (κ3) is 13.1. The van der Waals surface area contributed by atoms with Crippen LogP contribution in [-0.2, 0) is 9.53 Å². The van der Waals surface area contributed by atoms with Crippen LogP contribution in [0.5, 0.6) is 0 Å². The largest absolute Gasteiger partial charge is 0.481 e. The fraction of sp³-hybridized carbons (Fsp3) is 0.750. The van der Waals surface area contributed by atoms with Gasteiger partial charge in [-0.25, -0.2) is 4.99 Å². The SMILES string of the molecule is CNC(=O)C/N=C\N=C(/C)OCCCN(C)CC(F)(F)F. The number of alkyl halides is 3. The summed E-state index contributed by atoms with van der Waals surface area (Å²) in [4.78, 5) is 19.6. The van der Waals surface area contributed by atoms with Gasteiger partial charge in [0.05, 0.1) is 13.2 Å². The number of hydrogen-bond donors (Lipinski definition) is 1. The smallest absolute Gasteiger partial charge is 0.401 e. The molecule has 0 fully saturated rings. The molecule has 0 aliphatic carbocycles. The number of ether oxygens (including phenoxy) is 1. The highest BCUT2D eigenvalue weighted by molar-refractivity contribution is 5.83. The number of nitrogens with one attached hydrogen (secondary N) is 1. The van der Waals surface area contributed by atoms with E-state index >= 15 is 0 Å². The zero-order valence-corrected chi connectivity index (χ0v) is 12.4. The Kier molecular flexibility index (Phi) is 9.35. The van der Waals surface area contributed by atoms with Crippen molar-refractivity contribution in [2.75, 3.05) is 40.3 Å². The Balaban J connectivity index is 3.79. The molecule has 0 radical (unpaired) electrons. The summed E-state index contributed by atoms with van der Waals surface area (Å²) in [5, 5.41) is 2.40. The number of nitrogens with zero attached hydrogens (tertiary/aromatic N) is 3. The monoisotopic (exact) mass is 310 g/mol. The summed E-state index contributed by atoms with van der Waals surface area (Å²) in [6, 6.07) is 0.